The first-order chi connectivity index (χ1) is 15.4. The molecule has 176 valence electrons. The van der Waals surface area contributed by atoms with Crippen LogP contribution in [0.15, 0.2) is 30.3 Å². The number of ether oxygens (including phenoxy) is 1. The van der Waals surface area contributed by atoms with Crippen LogP contribution >= 0.6 is 0 Å². The highest BCUT2D eigenvalue weighted by Crippen LogP contribution is 2.41. The number of hydrogen-bond acceptors (Lipinski definition) is 4. The molecule has 0 bridgehead atoms. The van der Waals surface area contributed by atoms with Crippen molar-refractivity contribution in [2.75, 3.05) is 6.54 Å². The summed E-state index contributed by atoms with van der Waals surface area (Å²) in [5.41, 5.74) is 5.69. The van der Waals surface area contributed by atoms with E-state index in [1.807, 2.05) is 0 Å². The van der Waals surface area contributed by atoms with E-state index < -0.39 is 47.4 Å². The van der Waals surface area contributed by atoms with Gasteiger partial charge in [-0.05, 0) is 18.4 Å². The second kappa shape index (κ2) is 9.06. The van der Waals surface area contributed by atoms with Crippen molar-refractivity contribution in [3.8, 4) is 0 Å². The lowest BCUT2D eigenvalue weighted by Gasteiger charge is -2.30. The van der Waals surface area contributed by atoms with Crippen LogP contribution in [0.5, 0.6) is 0 Å². The van der Waals surface area contributed by atoms with Crippen molar-refractivity contribution < 1.29 is 45.5 Å². The van der Waals surface area contributed by atoms with Gasteiger partial charge in [0.25, 0.3) is 5.78 Å². The third-order valence-corrected chi connectivity index (χ3v) is 4.85. The maximum atomic E-state index is 14.1. The molecule has 1 aromatic heterocycles. The number of hydrogen-bond donors (Lipinski definition) is 0. The second-order valence-corrected chi connectivity index (χ2v) is 7.00. The number of alkyl halides is 6. The van der Waals surface area contributed by atoms with Crippen molar-refractivity contribution in [1.82, 2.24) is 14.7 Å². The quantitative estimate of drug-likeness (QED) is 0.219. The fraction of sp³-hybridized carbons (Fsp3) is 0.368. The van der Waals surface area contributed by atoms with Crippen LogP contribution in [-0.4, -0.2) is 50.5 Å². The van der Waals surface area contributed by atoms with E-state index in [1.54, 1.807) is 18.2 Å². The zero-order chi connectivity index (χ0) is 24.4. The Kier molecular flexibility index (Phi) is 6.58. The van der Waals surface area contributed by atoms with Gasteiger partial charge in [-0.1, -0.05) is 30.3 Å². The minimum Gasteiger partial charge on any atom is -0.361 e. The Morgan fingerprint density at radius 2 is 1.82 bits per heavy atom. The first kappa shape index (κ1) is 24.0. The van der Waals surface area contributed by atoms with Gasteiger partial charge in [0, 0.05) is 13.1 Å². The van der Waals surface area contributed by atoms with E-state index in [4.69, 9.17) is 5.53 Å². The van der Waals surface area contributed by atoms with Gasteiger partial charge in [-0.15, -0.1) is 13.2 Å². The van der Waals surface area contributed by atoms with Crippen molar-refractivity contribution in [2.45, 2.75) is 38.0 Å². The van der Waals surface area contributed by atoms with E-state index >= 15 is 0 Å². The molecule has 8 nitrogen and oxygen atoms in total. The lowest BCUT2D eigenvalue weighted by molar-refractivity contribution is -0.295. The number of aromatic nitrogens is 2. The Morgan fingerprint density at radius 1 is 1.15 bits per heavy atom. The SMILES string of the molecule is [N-]=[N+]=CC(=O)c1nn2c(c1C(F)(F)F)C(Cc1ccccc1)N(C(=O)OC(F)(F)F)CCC2. The summed E-state index contributed by atoms with van der Waals surface area (Å²) in [4.78, 5) is 27.5. The molecule has 1 aromatic carbocycles. The number of fused-ring (bicyclic) bond motifs is 1. The molecule has 0 aliphatic carbocycles. The molecular weight excluding hydrogens is 460 g/mol. The first-order valence-corrected chi connectivity index (χ1v) is 9.42. The highest BCUT2D eigenvalue weighted by atomic mass is 19.4. The summed E-state index contributed by atoms with van der Waals surface area (Å²) in [5.74, 6) is -1.37. The minimum atomic E-state index is -5.35. The molecule has 0 spiro atoms. The molecule has 14 heteroatoms. The van der Waals surface area contributed by atoms with Crippen molar-refractivity contribution in [2.24, 2.45) is 0 Å². The Labute approximate surface area is 182 Å². The molecule has 33 heavy (non-hydrogen) atoms. The largest absolute Gasteiger partial charge is 0.576 e. The highest BCUT2D eigenvalue weighted by molar-refractivity contribution is 6.33. The number of Topliss-reactive ketones (excluding diaryl/α,β-unsaturated/α-hetero) is 1. The van der Waals surface area contributed by atoms with Crippen LogP contribution in [0, 0.1) is 0 Å². The molecule has 1 unspecified atom stereocenters. The molecule has 0 N–H and O–H groups in total. The van der Waals surface area contributed by atoms with Gasteiger partial charge in [-0.25, -0.2) is 4.79 Å². The summed E-state index contributed by atoms with van der Waals surface area (Å²) in [7, 11) is 0. The summed E-state index contributed by atoms with van der Waals surface area (Å²) in [5, 5.41) is 3.70. The Morgan fingerprint density at radius 3 is 2.39 bits per heavy atom. The lowest BCUT2D eigenvalue weighted by atomic mass is 9.97. The molecule has 0 saturated carbocycles. The van der Waals surface area contributed by atoms with Crippen LogP contribution in [0.4, 0.5) is 31.1 Å². The summed E-state index contributed by atoms with van der Waals surface area (Å²) < 4.78 is 84.8. The molecule has 0 radical (unpaired) electrons. The third kappa shape index (κ3) is 5.40. The van der Waals surface area contributed by atoms with Gasteiger partial charge in [0.05, 0.1) is 11.7 Å². The summed E-state index contributed by atoms with van der Waals surface area (Å²) >= 11 is 0. The molecule has 1 atom stereocenters. The summed E-state index contributed by atoms with van der Waals surface area (Å²) in [6.45, 7) is -0.572. The molecule has 2 aromatic rings. The zero-order valence-corrected chi connectivity index (χ0v) is 16.6. The lowest BCUT2D eigenvalue weighted by Crippen LogP contribution is -2.40. The summed E-state index contributed by atoms with van der Waals surface area (Å²) in [6, 6.07) is 6.22. The average molecular weight is 475 g/mol. The van der Waals surface area contributed by atoms with E-state index in [-0.39, 0.29) is 32.1 Å². The average Bonchev–Trinajstić information content (AvgIpc) is 3.01. The maximum Gasteiger partial charge on any atom is 0.576 e. The van der Waals surface area contributed by atoms with Crippen LogP contribution in [0.1, 0.15) is 39.8 Å². The standard InChI is InChI=1S/C19H15F6N5O3/c20-18(21,22)14-15(13(31)10-27-26)28-30-8-4-7-29(17(32)33-19(23,24)25)12(16(14)30)9-11-5-2-1-3-6-11/h1-3,5-6,10,12H,4,7-9H2. The fourth-order valence-corrected chi connectivity index (χ4v) is 3.66. The van der Waals surface area contributed by atoms with E-state index in [0.29, 0.717) is 10.5 Å². The molecule has 1 aliphatic rings. The monoisotopic (exact) mass is 475 g/mol. The van der Waals surface area contributed by atoms with Crippen LogP contribution in [-0.2, 0) is 23.9 Å². The van der Waals surface area contributed by atoms with Gasteiger partial charge in [0.1, 0.15) is 5.56 Å². The predicted octanol–water partition coefficient (Wildman–Crippen LogP) is 4.03. The number of nitrogens with zero attached hydrogens (tertiary/aromatic N) is 5. The van der Waals surface area contributed by atoms with Crippen LogP contribution in [0.2, 0.25) is 0 Å². The van der Waals surface area contributed by atoms with Crippen molar-refractivity contribution in [3.05, 3.63) is 58.4 Å². The highest BCUT2D eigenvalue weighted by Gasteiger charge is 2.47. The third-order valence-electron chi connectivity index (χ3n) is 4.85. The molecule has 1 amide bonds. The number of carbonyl (C=O) groups excluding carboxylic acids is 2. The number of benzene rings is 1. The molecular formula is C19H15F6N5O3. The van der Waals surface area contributed by atoms with Gasteiger partial charge >= 0.3 is 24.8 Å². The van der Waals surface area contributed by atoms with Crippen LogP contribution in [0.3, 0.4) is 0 Å². The number of halogens is 6. The molecule has 0 saturated heterocycles. The van der Waals surface area contributed by atoms with Gasteiger partial charge < -0.3 is 10.3 Å². The van der Waals surface area contributed by atoms with E-state index in [9.17, 15) is 35.9 Å². The van der Waals surface area contributed by atoms with E-state index in [0.717, 1.165) is 4.68 Å². The predicted molar refractivity (Wildman–Crippen MR) is 98.0 cm³/mol. The molecule has 0 fully saturated rings. The normalized spacial score (nSPS) is 16.4. The molecule has 2 heterocycles. The second-order valence-electron chi connectivity index (χ2n) is 7.00. The molecule has 3 rings (SSSR count). The van der Waals surface area contributed by atoms with Gasteiger partial charge in [-0.2, -0.15) is 23.1 Å². The fourth-order valence-electron chi connectivity index (χ4n) is 3.66. The number of rotatable bonds is 4. The van der Waals surface area contributed by atoms with Gasteiger partial charge in [0.15, 0.2) is 5.69 Å². The van der Waals surface area contributed by atoms with Crippen molar-refractivity contribution in [1.29, 1.82) is 0 Å². The van der Waals surface area contributed by atoms with Crippen LogP contribution < -0.4 is 0 Å². The van der Waals surface area contributed by atoms with Crippen molar-refractivity contribution >= 4 is 18.1 Å². The summed E-state index contributed by atoms with van der Waals surface area (Å²) in [6.07, 6.45) is -12.6. The maximum absolute atomic E-state index is 14.1. The van der Waals surface area contributed by atoms with Gasteiger partial charge in [0.2, 0.25) is 0 Å². The van der Waals surface area contributed by atoms with E-state index in [2.05, 4.69) is 14.6 Å². The van der Waals surface area contributed by atoms with E-state index in [1.165, 1.54) is 12.1 Å². The smallest absolute Gasteiger partial charge is 0.361 e. The number of amides is 1. The number of aryl methyl sites for hydroxylation is 1. The zero-order valence-electron chi connectivity index (χ0n) is 16.6. The number of ketones is 1. The molecule has 1 aliphatic heterocycles. The minimum absolute atomic E-state index is 0.0635. The Bertz CT molecular complexity index is 1090. The van der Waals surface area contributed by atoms with Crippen LogP contribution in [0.25, 0.3) is 5.53 Å². The van der Waals surface area contributed by atoms with Gasteiger partial charge in [-0.3, -0.25) is 14.4 Å². The topological polar surface area (TPSA) is 101 Å². The first-order valence-electron chi connectivity index (χ1n) is 9.42. The Hall–Kier alpha value is -3.67. The number of carbonyl (C=O) groups is 2. The Balaban J connectivity index is 2.23. The van der Waals surface area contributed by atoms with Crippen molar-refractivity contribution in [3.63, 3.8) is 0 Å².